The Bertz CT molecular complexity index is 1170. The van der Waals surface area contributed by atoms with Crippen molar-refractivity contribution in [3.05, 3.63) is 82.9 Å². The number of rotatable bonds is 4. The predicted molar refractivity (Wildman–Crippen MR) is 123 cm³/mol. The topological polar surface area (TPSA) is 70.7 Å². The molecule has 0 saturated carbocycles. The van der Waals surface area contributed by atoms with Gasteiger partial charge in [-0.3, -0.25) is 9.98 Å². The van der Waals surface area contributed by atoms with E-state index in [2.05, 4.69) is 47.4 Å². The first-order chi connectivity index (χ1) is 14.9. The number of amidine groups is 1. The molecule has 0 amide bonds. The Kier molecular flexibility index (Phi) is 4.85. The van der Waals surface area contributed by atoms with Gasteiger partial charge in [0.1, 0.15) is 6.04 Å². The molecular formula is C24H24N4O2S. The van der Waals surface area contributed by atoms with Crippen molar-refractivity contribution in [2.45, 2.75) is 38.1 Å². The quantitative estimate of drug-likeness (QED) is 0.643. The number of aryl methyl sites for hydroxylation is 1. The molecule has 158 valence electrons. The van der Waals surface area contributed by atoms with Crippen LogP contribution in [0, 0.1) is 13.8 Å². The summed E-state index contributed by atoms with van der Waals surface area (Å²) in [5.41, 5.74) is 5.74. The van der Waals surface area contributed by atoms with Crippen molar-refractivity contribution >= 4 is 22.9 Å². The van der Waals surface area contributed by atoms with Crippen molar-refractivity contribution in [1.29, 1.82) is 0 Å². The van der Waals surface area contributed by atoms with Crippen LogP contribution in [-0.2, 0) is 0 Å². The average Bonchev–Trinajstić information content (AvgIpc) is 3.38. The smallest absolute Gasteiger partial charge is 0.335 e. The lowest BCUT2D eigenvalue weighted by molar-refractivity contribution is 0.0697. The molecule has 4 heterocycles. The zero-order valence-electron chi connectivity index (χ0n) is 17.7. The highest BCUT2D eigenvalue weighted by molar-refractivity contribution is 8.14. The van der Waals surface area contributed by atoms with Crippen molar-refractivity contribution in [3.63, 3.8) is 0 Å². The van der Waals surface area contributed by atoms with Crippen LogP contribution in [0.4, 0.5) is 0 Å². The van der Waals surface area contributed by atoms with Gasteiger partial charge in [-0.2, -0.15) is 0 Å². The molecule has 7 heteroatoms. The van der Waals surface area contributed by atoms with E-state index in [1.165, 1.54) is 5.56 Å². The molecule has 2 aliphatic heterocycles. The van der Waals surface area contributed by atoms with Gasteiger partial charge in [0, 0.05) is 35.1 Å². The molecule has 5 rings (SSSR count). The molecule has 1 saturated heterocycles. The molecule has 0 spiro atoms. The highest BCUT2D eigenvalue weighted by Crippen LogP contribution is 2.48. The summed E-state index contributed by atoms with van der Waals surface area (Å²) in [7, 11) is 0. The lowest BCUT2D eigenvalue weighted by Crippen LogP contribution is -2.28. The Morgan fingerprint density at radius 2 is 1.94 bits per heavy atom. The largest absolute Gasteiger partial charge is 0.478 e. The molecule has 3 aromatic rings. The fourth-order valence-corrected chi connectivity index (χ4v) is 5.78. The lowest BCUT2D eigenvalue weighted by atomic mass is 9.96. The molecule has 0 radical (unpaired) electrons. The number of aromatic nitrogens is 2. The Morgan fingerprint density at radius 3 is 2.61 bits per heavy atom. The first-order valence-electron chi connectivity index (χ1n) is 10.4. The maximum atomic E-state index is 11.2. The normalized spacial score (nSPS) is 22.5. The number of thioether (sulfide) groups is 1. The molecular weight excluding hydrogens is 408 g/mol. The second-order valence-corrected chi connectivity index (χ2v) is 9.56. The van der Waals surface area contributed by atoms with Gasteiger partial charge < -0.3 is 14.6 Å². The van der Waals surface area contributed by atoms with E-state index in [4.69, 9.17) is 4.99 Å². The number of aromatic carboxylic acids is 1. The molecule has 2 aliphatic rings. The van der Waals surface area contributed by atoms with E-state index in [1.54, 1.807) is 12.1 Å². The lowest BCUT2D eigenvalue weighted by Gasteiger charge is -2.27. The molecule has 0 bridgehead atoms. The summed E-state index contributed by atoms with van der Waals surface area (Å²) in [4.78, 5) is 23.4. The number of fused-ring (bicyclic) bond motifs is 1. The fourth-order valence-electron chi connectivity index (χ4n) is 4.69. The van der Waals surface area contributed by atoms with Gasteiger partial charge in [-0.15, -0.1) is 0 Å². The van der Waals surface area contributed by atoms with E-state index in [0.717, 1.165) is 34.5 Å². The third kappa shape index (κ3) is 3.33. The van der Waals surface area contributed by atoms with Crippen molar-refractivity contribution in [2.75, 3.05) is 6.54 Å². The highest BCUT2D eigenvalue weighted by atomic mass is 32.2. The maximum absolute atomic E-state index is 11.2. The molecule has 1 fully saturated rings. The summed E-state index contributed by atoms with van der Waals surface area (Å²) in [6.07, 6.45) is 1.83. The number of carboxylic acids is 1. The standard InChI is InChI=1S/C24H24N4O2S/c1-14-12-19(16(3)28(14)18-9-7-17(8-10-18)23(29)30)22-21(20-6-4-5-11-25-20)26-24-27(22)13-15(2)31-24/h4-12,15,21-22H,13H2,1-3H3,(H,29,30)/t15-,21-,22+/m0/s1. The van der Waals surface area contributed by atoms with Gasteiger partial charge in [0.15, 0.2) is 5.17 Å². The van der Waals surface area contributed by atoms with Crippen LogP contribution >= 0.6 is 11.8 Å². The molecule has 1 N–H and O–H groups in total. The van der Waals surface area contributed by atoms with Gasteiger partial charge in [0.25, 0.3) is 0 Å². The van der Waals surface area contributed by atoms with Crippen LogP contribution in [0.1, 0.15) is 52.0 Å². The van der Waals surface area contributed by atoms with Crippen LogP contribution < -0.4 is 0 Å². The average molecular weight is 433 g/mol. The molecule has 6 nitrogen and oxygen atoms in total. The van der Waals surface area contributed by atoms with Gasteiger partial charge in [-0.25, -0.2) is 4.79 Å². The van der Waals surface area contributed by atoms with Gasteiger partial charge in [0.2, 0.25) is 0 Å². The molecule has 31 heavy (non-hydrogen) atoms. The van der Waals surface area contributed by atoms with E-state index < -0.39 is 5.97 Å². The zero-order chi connectivity index (χ0) is 21.7. The zero-order valence-corrected chi connectivity index (χ0v) is 18.5. The summed E-state index contributed by atoms with van der Waals surface area (Å²) in [5, 5.41) is 10.8. The van der Waals surface area contributed by atoms with Crippen molar-refractivity contribution < 1.29 is 9.90 Å². The fraction of sp³-hybridized carbons (Fsp3) is 0.292. The molecule has 2 aromatic heterocycles. The number of carboxylic acid groups (broad SMARTS) is 1. The monoisotopic (exact) mass is 432 g/mol. The van der Waals surface area contributed by atoms with Gasteiger partial charge in [0.05, 0.1) is 17.3 Å². The number of aliphatic imine (C=N–C) groups is 1. The Labute approximate surface area is 185 Å². The van der Waals surface area contributed by atoms with Crippen molar-refractivity contribution in [3.8, 4) is 5.69 Å². The van der Waals surface area contributed by atoms with E-state index in [9.17, 15) is 9.90 Å². The third-order valence-corrected chi connectivity index (χ3v) is 7.14. The van der Waals surface area contributed by atoms with Gasteiger partial charge in [-0.1, -0.05) is 24.8 Å². The van der Waals surface area contributed by atoms with Crippen LogP contribution in [0.2, 0.25) is 0 Å². The third-order valence-electron chi connectivity index (χ3n) is 6.04. The van der Waals surface area contributed by atoms with Crippen LogP contribution in [-0.4, -0.2) is 42.5 Å². The Balaban J connectivity index is 1.59. The molecule has 0 unspecified atom stereocenters. The summed E-state index contributed by atoms with van der Waals surface area (Å²) in [6.45, 7) is 7.43. The second kappa shape index (κ2) is 7.57. The predicted octanol–water partition coefficient (Wildman–Crippen LogP) is 4.78. The Hall–Kier alpha value is -3.06. The Morgan fingerprint density at radius 1 is 1.16 bits per heavy atom. The molecule has 3 atom stereocenters. The second-order valence-electron chi connectivity index (χ2n) is 8.15. The van der Waals surface area contributed by atoms with E-state index in [0.29, 0.717) is 10.8 Å². The van der Waals surface area contributed by atoms with Crippen LogP contribution in [0.5, 0.6) is 0 Å². The van der Waals surface area contributed by atoms with E-state index >= 15 is 0 Å². The van der Waals surface area contributed by atoms with Gasteiger partial charge >= 0.3 is 5.97 Å². The van der Waals surface area contributed by atoms with E-state index in [-0.39, 0.29) is 12.1 Å². The summed E-state index contributed by atoms with van der Waals surface area (Å²) < 4.78 is 2.20. The SMILES string of the molecule is Cc1cc([C@@H]2[C@H](c3ccccn3)N=C3S[C@@H](C)CN32)c(C)n1-c1ccc(C(=O)O)cc1. The number of hydrogen-bond acceptors (Lipinski definition) is 5. The highest BCUT2D eigenvalue weighted by Gasteiger charge is 2.44. The minimum Gasteiger partial charge on any atom is -0.478 e. The van der Waals surface area contributed by atoms with Crippen molar-refractivity contribution in [2.24, 2.45) is 4.99 Å². The summed E-state index contributed by atoms with van der Waals surface area (Å²) in [6, 6.07) is 15.4. The number of nitrogens with zero attached hydrogens (tertiary/aromatic N) is 4. The first kappa shape index (κ1) is 19.9. The number of pyridine rings is 1. The maximum Gasteiger partial charge on any atom is 0.335 e. The minimum absolute atomic E-state index is 0.0421. The van der Waals surface area contributed by atoms with Crippen LogP contribution in [0.15, 0.2) is 59.7 Å². The number of carbonyl (C=O) groups is 1. The minimum atomic E-state index is -0.914. The van der Waals surface area contributed by atoms with E-state index in [1.807, 2.05) is 42.2 Å². The summed E-state index contributed by atoms with van der Waals surface area (Å²) >= 11 is 1.84. The molecule has 0 aliphatic carbocycles. The number of benzene rings is 1. The summed E-state index contributed by atoms with van der Waals surface area (Å²) in [5.74, 6) is -0.914. The van der Waals surface area contributed by atoms with Crippen LogP contribution in [0.3, 0.4) is 0 Å². The molecule has 1 aromatic carbocycles. The van der Waals surface area contributed by atoms with Gasteiger partial charge in [-0.05, 0) is 61.9 Å². The first-order valence-corrected chi connectivity index (χ1v) is 11.3. The van der Waals surface area contributed by atoms with Crippen LogP contribution in [0.25, 0.3) is 5.69 Å². The number of hydrogen-bond donors (Lipinski definition) is 1. The van der Waals surface area contributed by atoms with Crippen molar-refractivity contribution in [1.82, 2.24) is 14.5 Å².